The summed E-state index contributed by atoms with van der Waals surface area (Å²) in [5.41, 5.74) is 2.01. The largest absolute Gasteiger partial charge is 0.478 e. The monoisotopic (exact) mass is 336 g/mol. The number of rotatable bonds is 2. The third-order valence-corrected chi connectivity index (χ3v) is 4.33. The van der Waals surface area contributed by atoms with E-state index in [2.05, 4.69) is 11.4 Å². The van der Waals surface area contributed by atoms with Crippen LogP contribution in [0.4, 0.5) is 0 Å². The molecule has 0 unspecified atom stereocenters. The lowest BCUT2D eigenvalue weighted by Gasteiger charge is -2.27. The van der Waals surface area contributed by atoms with E-state index in [0.29, 0.717) is 39.3 Å². The smallest absolute Gasteiger partial charge is 0.334 e. The average molecular weight is 336 g/mol. The molecule has 2 heterocycles. The maximum Gasteiger partial charge on any atom is 0.334 e. The van der Waals surface area contributed by atoms with Crippen molar-refractivity contribution in [2.45, 2.75) is 26.7 Å². The molecule has 1 aromatic heterocycles. The van der Waals surface area contributed by atoms with Gasteiger partial charge in [0.05, 0.1) is 28.5 Å². The van der Waals surface area contributed by atoms with E-state index in [1.54, 1.807) is 39.0 Å². The number of hydrogen-bond acceptors (Lipinski definition) is 5. The zero-order valence-corrected chi connectivity index (χ0v) is 14.0. The summed E-state index contributed by atoms with van der Waals surface area (Å²) in [6, 6.07) is 8.49. The second kappa shape index (κ2) is 5.95. The molecule has 2 N–H and O–H groups in total. The Hall–Kier alpha value is -3.33. The van der Waals surface area contributed by atoms with Crippen LogP contribution >= 0.6 is 0 Å². The van der Waals surface area contributed by atoms with Gasteiger partial charge in [-0.05, 0) is 26.8 Å². The second-order valence-corrected chi connectivity index (χ2v) is 6.00. The third kappa shape index (κ3) is 2.60. The molecule has 1 aromatic carbocycles. The van der Waals surface area contributed by atoms with E-state index >= 15 is 0 Å². The highest BCUT2D eigenvalue weighted by molar-refractivity contribution is 5.93. The van der Waals surface area contributed by atoms with Gasteiger partial charge in [0, 0.05) is 23.0 Å². The summed E-state index contributed by atoms with van der Waals surface area (Å²) in [6.45, 7) is 5.03. The molecule has 0 bridgehead atoms. The van der Waals surface area contributed by atoms with E-state index in [4.69, 9.17) is 4.42 Å². The summed E-state index contributed by atoms with van der Waals surface area (Å²) in [5, 5.41) is 22.6. The number of benzene rings is 1. The van der Waals surface area contributed by atoms with Gasteiger partial charge in [-0.25, -0.2) is 4.79 Å². The molecular formula is C19H16N2O4. The molecule has 126 valence electrons. The number of aryl methyl sites for hydroxylation is 1. The molecule has 1 atom stereocenters. The number of carbonyl (C=O) groups is 1. The number of aliphatic carboxylic acids is 1. The summed E-state index contributed by atoms with van der Waals surface area (Å²) in [5.74, 6) is -1.50. The fraction of sp³-hybridized carbons (Fsp3) is 0.211. The van der Waals surface area contributed by atoms with Gasteiger partial charge in [-0.15, -0.1) is 0 Å². The van der Waals surface area contributed by atoms with Crippen molar-refractivity contribution >= 4 is 16.9 Å². The number of carboxylic acids is 1. The molecule has 6 nitrogen and oxygen atoms in total. The van der Waals surface area contributed by atoms with Crippen molar-refractivity contribution in [1.29, 1.82) is 5.26 Å². The topological polar surface area (TPSA) is 103 Å². The first kappa shape index (κ1) is 16.5. The summed E-state index contributed by atoms with van der Waals surface area (Å²) in [4.78, 5) is 24.1. The van der Waals surface area contributed by atoms with E-state index in [-0.39, 0.29) is 11.0 Å². The lowest BCUT2D eigenvalue weighted by molar-refractivity contribution is -0.133. The summed E-state index contributed by atoms with van der Waals surface area (Å²) in [7, 11) is 0. The van der Waals surface area contributed by atoms with Crippen LogP contribution < -0.4 is 10.7 Å². The Bertz CT molecular complexity index is 1070. The number of nitriles is 1. The summed E-state index contributed by atoms with van der Waals surface area (Å²) in [6.07, 6.45) is 0. The van der Waals surface area contributed by atoms with Crippen molar-refractivity contribution in [3.05, 3.63) is 68.4 Å². The highest BCUT2D eigenvalue weighted by Crippen LogP contribution is 2.40. The predicted octanol–water partition coefficient (Wildman–Crippen LogP) is 2.94. The van der Waals surface area contributed by atoms with Gasteiger partial charge < -0.3 is 14.8 Å². The molecule has 0 saturated heterocycles. The van der Waals surface area contributed by atoms with Crippen molar-refractivity contribution in [3.63, 3.8) is 0 Å². The zero-order chi connectivity index (χ0) is 18.3. The van der Waals surface area contributed by atoms with Gasteiger partial charge in [0.2, 0.25) is 0 Å². The van der Waals surface area contributed by atoms with E-state index in [0.717, 1.165) is 0 Å². The van der Waals surface area contributed by atoms with Gasteiger partial charge in [0.25, 0.3) is 0 Å². The van der Waals surface area contributed by atoms with E-state index < -0.39 is 11.9 Å². The molecule has 0 saturated carbocycles. The molecule has 6 heteroatoms. The Labute approximate surface area is 143 Å². The lowest BCUT2D eigenvalue weighted by Crippen LogP contribution is -2.27. The fourth-order valence-corrected chi connectivity index (χ4v) is 3.28. The first-order chi connectivity index (χ1) is 11.8. The molecule has 2 aromatic rings. The highest BCUT2D eigenvalue weighted by atomic mass is 16.4. The maximum absolute atomic E-state index is 12.3. The van der Waals surface area contributed by atoms with Gasteiger partial charge in [-0.2, -0.15) is 5.26 Å². The molecule has 0 amide bonds. The number of nitrogens with zero attached hydrogens (tertiary/aromatic N) is 1. The minimum atomic E-state index is -1.12. The van der Waals surface area contributed by atoms with Gasteiger partial charge in [-0.3, -0.25) is 4.79 Å². The van der Waals surface area contributed by atoms with Gasteiger partial charge >= 0.3 is 5.97 Å². The lowest BCUT2D eigenvalue weighted by atomic mass is 9.80. The van der Waals surface area contributed by atoms with Crippen molar-refractivity contribution in [1.82, 2.24) is 5.32 Å². The van der Waals surface area contributed by atoms with Crippen molar-refractivity contribution in [3.8, 4) is 6.07 Å². The predicted molar refractivity (Wildman–Crippen MR) is 91.7 cm³/mol. The number of para-hydroxylation sites is 1. The van der Waals surface area contributed by atoms with Crippen LogP contribution in [-0.2, 0) is 4.79 Å². The van der Waals surface area contributed by atoms with Crippen LogP contribution in [0.2, 0.25) is 0 Å². The quantitative estimate of drug-likeness (QED) is 0.874. The van der Waals surface area contributed by atoms with E-state index in [9.17, 15) is 20.0 Å². The molecule has 0 fully saturated rings. The van der Waals surface area contributed by atoms with Crippen LogP contribution in [0.3, 0.4) is 0 Å². The molecule has 0 radical (unpaired) electrons. The molecule has 3 rings (SSSR count). The molecular weight excluding hydrogens is 320 g/mol. The number of allylic oxidation sites excluding steroid dienone is 3. The van der Waals surface area contributed by atoms with Crippen LogP contribution in [0.1, 0.15) is 31.1 Å². The first-order valence-electron chi connectivity index (χ1n) is 7.70. The Morgan fingerprint density at radius 2 is 2.00 bits per heavy atom. The Morgan fingerprint density at radius 3 is 2.64 bits per heavy atom. The normalized spacial score (nSPS) is 17.4. The Kier molecular flexibility index (Phi) is 3.93. The number of carboxylic acid groups (broad SMARTS) is 1. The molecule has 1 aliphatic rings. The molecule has 0 spiro atoms. The minimum absolute atomic E-state index is 0.0683. The standard InChI is InChI=1S/C19H16N2O4/c1-9-7-15(22)12-5-4-6-13(18(12)25-9)17-14(8-20)10(2)21-11(3)16(17)19(23)24/h4-7,17,21H,1-3H3,(H,23,24)/t17-/m1/s1. The molecule has 0 aliphatic carbocycles. The van der Waals surface area contributed by atoms with E-state index in [1.165, 1.54) is 6.07 Å². The first-order valence-corrected chi connectivity index (χ1v) is 7.70. The molecule has 25 heavy (non-hydrogen) atoms. The Balaban J connectivity index is 2.42. The summed E-state index contributed by atoms with van der Waals surface area (Å²) < 4.78 is 5.75. The highest BCUT2D eigenvalue weighted by Gasteiger charge is 2.35. The number of fused-ring (bicyclic) bond motifs is 1. The van der Waals surface area contributed by atoms with Gasteiger partial charge in [0.1, 0.15) is 11.3 Å². The third-order valence-electron chi connectivity index (χ3n) is 4.33. The van der Waals surface area contributed by atoms with Crippen LogP contribution in [0.15, 0.2) is 56.0 Å². The Morgan fingerprint density at radius 1 is 1.28 bits per heavy atom. The minimum Gasteiger partial charge on any atom is -0.478 e. The van der Waals surface area contributed by atoms with Crippen LogP contribution in [-0.4, -0.2) is 11.1 Å². The number of nitrogens with one attached hydrogen (secondary N) is 1. The van der Waals surface area contributed by atoms with Crippen LogP contribution in [0, 0.1) is 18.3 Å². The van der Waals surface area contributed by atoms with E-state index in [1.807, 2.05) is 0 Å². The second-order valence-electron chi connectivity index (χ2n) is 6.00. The van der Waals surface area contributed by atoms with Gasteiger partial charge in [0.15, 0.2) is 5.43 Å². The average Bonchev–Trinajstić information content (AvgIpc) is 2.53. The number of dihydropyridines is 1. The van der Waals surface area contributed by atoms with Crippen LogP contribution in [0.25, 0.3) is 11.0 Å². The number of hydrogen-bond donors (Lipinski definition) is 2. The fourth-order valence-electron chi connectivity index (χ4n) is 3.28. The zero-order valence-electron chi connectivity index (χ0n) is 14.0. The maximum atomic E-state index is 12.3. The SMILES string of the molecule is CC1=C(C#N)[C@@H](c2cccc3c(=O)cc(C)oc23)C(C(=O)O)=C(C)N1. The van der Waals surface area contributed by atoms with Crippen molar-refractivity contribution < 1.29 is 14.3 Å². The van der Waals surface area contributed by atoms with Gasteiger partial charge in [-0.1, -0.05) is 12.1 Å². The van der Waals surface area contributed by atoms with Crippen molar-refractivity contribution in [2.24, 2.45) is 0 Å². The van der Waals surface area contributed by atoms with Crippen molar-refractivity contribution in [2.75, 3.05) is 0 Å². The van der Waals surface area contributed by atoms with Crippen LogP contribution in [0.5, 0.6) is 0 Å². The summed E-state index contributed by atoms with van der Waals surface area (Å²) >= 11 is 0. The molecule has 1 aliphatic heterocycles.